The predicted molar refractivity (Wildman–Crippen MR) is 169 cm³/mol. The lowest BCUT2D eigenvalue weighted by Crippen LogP contribution is -2.44. The van der Waals surface area contributed by atoms with Crippen LogP contribution in [-0.4, -0.2) is 32.6 Å². The average Bonchev–Trinajstić information content (AvgIpc) is 3.40. The van der Waals surface area contributed by atoms with Crippen LogP contribution in [0.3, 0.4) is 0 Å². The van der Waals surface area contributed by atoms with Gasteiger partial charge in [0.1, 0.15) is 13.2 Å². The number of cyclic esters (lactones) is 1. The molecule has 0 bridgehead atoms. The number of amides is 2. The van der Waals surface area contributed by atoms with Crippen LogP contribution < -0.4 is 16.2 Å². The quantitative estimate of drug-likeness (QED) is 0.242. The Morgan fingerprint density at radius 1 is 1.13 bits per heavy atom. The Morgan fingerprint density at radius 2 is 1.89 bits per heavy atom. The topological polar surface area (TPSA) is 149 Å². The van der Waals surface area contributed by atoms with Crippen molar-refractivity contribution < 1.29 is 29.0 Å². The van der Waals surface area contributed by atoms with Gasteiger partial charge in [0, 0.05) is 29.1 Å². The molecule has 11 heteroatoms. The van der Waals surface area contributed by atoms with Crippen LogP contribution in [0.2, 0.25) is 0 Å². The number of ether oxygens (including phenoxy) is 2. The van der Waals surface area contributed by atoms with Gasteiger partial charge in [0.2, 0.25) is 5.91 Å². The van der Waals surface area contributed by atoms with Gasteiger partial charge in [-0.05, 0) is 85.2 Å². The normalized spacial score (nSPS) is 19.2. The smallest absolute Gasteiger partial charge is 0.407 e. The highest BCUT2D eigenvalue weighted by molar-refractivity contribution is 5.94. The summed E-state index contributed by atoms with van der Waals surface area (Å²) in [5.41, 5.74) is 6.73. The predicted octanol–water partition coefficient (Wildman–Crippen LogP) is 4.57. The molecule has 0 saturated carbocycles. The zero-order chi connectivity index (χ0) is 32.5. The summed E-state index contributed by atoms with van der Waals surface area (Å²) in [5, 5.41) is 18.1. The molecule has 3 aliphatic rings. The zero-order valence-electron chi connectivity index (χ0n) is 26.1. The monoisotopic (exact) mass is 622 g/mol. The molecule has 4 aromatic rings. The van der Waals surface area contributed by atoms with Gasteiger partial charge in [0.25, 0.3) is 5.56 Å². The maximum Gasteiger partial charge on any atom is 0.407 e. The van der Waals surface area contributed by atoms with Crippen LogP contribution in [0.25, 0.3) is 22.3 Å². The molecule has 0 unspecified atom stereocenters. The van der Waals surface area contributed by atoms with E-state index in [4.69, 9.17) is 14.5 Å². The fourth-order valence-corrected chi connectivity index (χ4v) is 7.10. The largest absolute Gasteiger partial charge is 0.458 e. The molecule has 2 amide bonds. The number of pyridine rings is 2. The zero-order valence-corrected chi connectivity index (χ0v) is 26.1. The number of nitrogens with one attached hydrogen (secondary N) is 2. The fourth-order valence-electron chi connectivity index (χ4n) is 7.10. The molecular weight excluding hydrogens is 588 g/mol. The summed E-state index contributed by atoms with van der Waals surface area (Å²) in [6, 6.07) is 10.4. The number of alkyl carbamates (subject to hydrolysis) is 1. The van der Waals surface area contributed by atoms with Gasteiger partial charge in [0.15, 0.2) is 5.60 Å². The standard InChI is InChI=1S/C35H34N4O7/c1-5-35(44)25-13-28-31-23(14-39(28)32(41)24(25)16-45-33(35)42)30-26(11-10-22-18(3)17(2)12-27(37-31)29(22)30)38-34(43)46-15-20-6-8-21(9-7-20)36-19(4)40/h6-9,12-13,26,44H,5,10-11,14-16H2,1-4H3,(H,36,40)(H,38,43)/t26-,35-/m0/s1. The molecule has 0 saturated heterocycles. The highest BCUT2D eigenvalue weighted by Crippen LogP contribution is 2.46. The van der Waals surface area contributed by atoms with E-state index in [0.29, 0.717) is 23.5 Å². The number of rotatable bonds is 5. The van der Waals surface area contributed by atoms with Crippen molar-refractivity contribution in [3.8, 4) is 11.4 Å². The van der Waals surface area contributed by atoms with Crippen molar-refractivity contribution in [3.05, 3.63) is 91.3 Å². The Kier molecular flexibility index (Phi) is 6.97. The van der Waals surface area contributed by atoms with E-state index in [1.807, 2.05) is 13.0 Å². The second kappa shape index (κ2) is 10.8. The minimum Gasteiger partial charge on any atom is -0.458 e. The summed E-state index contributed by atoms with van der Waals surface area (Å²) in [6.07, 6.45) is 0.842. The minimum atomic E-state index is -1.92. The van der Waals surface area contributed by atoms with Crippen LogP contribution in [0.5, 0.6) is 0 Å². The molecule has 7 rings (SSSR count). The van der Waals surface area contributed by atoms with Crippen molar-refractivity contribution in [1.29, 1.82) is 0 Å². The summed E-state index contributed by atoms with van der Waals surface area (Å²) in [4.78, 5) is 56.1. The van der Waals surface area contributed by atoms with Crippen molar-refractivity contribution in [2.24, 2.45) is 0 Å². The van der Waals surface area contributed by atoms with E-state index >= 15 is 0 Å². The molecule has 0 radical (unpaired) electrons. The van der Waals surface area contributed by atoms with Gasteiger partial charge in [-0.15, -0.1) is 0 Å². The van der Waals surface area contributed by atoms with Crippen molar-refractivity contribution >= 4 is 34.6 Å². The van der Waals surface area contributed by atoms with Crippen LogP contribution in [0.1, 0.15) is 77.2 Å². The molecule has 236 valence electrons. The number of aliphatic hydroxyl groups is 1. The van der Waals surface area contributed by atoms with E-state index in [1.54, 1.807) is 41.8 Å². The summed E-state index contributed by atoms with van der Waals surface area (Å²) in [7, 11) is 0. The maximum absolute atomic E-state index is 13.8. The van der Waals surface area contributed by atoms with Crippen molar-refractivity contribution in [1.82, 2.24) is 14.9 Å². The lowest BCUT2D eigenvalue weighted by Gasteiger charge is -2.31. The van der Waals surface area contributed by atoms with Crippen molar-refractivity contribution in [2.75, 3.05) is 5.32 Å². The number of carbonyl (C=O) groups excluding carboxylic acids is 3. The van der Waals surface area contributed by atoms with Crippen LogP contribution in [-0.2, 0) is 50.8 Å². The average molecular weight is 623 g/mol. The Hall–Kier alpha value is -5.03. The number of aromatic nitrogens is 2. The first kappa shape index (κ1) is 29.7. The van der Waals surface area contributed by atoms with Gasteiger partial charge in [-0.2, -0.15) is 0 Å². The number of hydrogen-bond donors (Lipinski definition) is 3. The molecule has 2 atom stereocenters. The number of esters is 1. The number of hydrogen-bond acceptors (Lipinski definition) is 8. The molecule has 46 heavy (non-hydrogen) atoms. The van der Waals surface area contributed by atoms with E-state index in [0.717, 1.165) is 39.6 Å². The molecule has 11 nitrogen and oxygen atoms in total. The highest BCUT2D eigenvalue weighted by atomic mass is 16.6. The van der Waals surface area contributed by atoms with Gasteiger partial charge in [-0.1, -0.05) is 19.1 Å². The van der Waals surface area contributed by atoms with Crippen LogP contribution in [0.15, 0.2) is 41.2 Å². The second-order valence-corrected chi connectivity index (χ2v) is 12.3. The summed E-state index contributed by atoms with van der Waals surface area (Å²) >= 11 is 0. The van der Waals surface area contributed by atoms with E-state index in [2.05, 4.69) is 17.6 Å². The molecule has 4 heterocycles. The number of carbonyl (C=O) groups is 3. The van der Waals surface area contributed by atoms with Gasteiger partial charge < -0.3 is 29.8 Å². The first-order chi connectivity index (χ1) is 22.0. The SMILES string of the molecule is CC[C@@]1(O)C(=O)OCc2c1cc1n(c2=O)Cc2c-1nc1cc(C)c(C)c3c1c2[C@@H](NC(=O)OCc1ccc(NC(C)=O)cc1)CC3. The number of fused-ring (bicyclic) bond motifs is 5. The van der Waals surface area contributed by atoms with Gasteiger partial charge >= 0.3 is 12.1 Å². The van der Waals surface area contributed by atoms with E-state index in [-0.39, 0.29) is 48.8 Å². The third-order valence-corrected chi connectivity index (χ3v) is 9.64. The fraction of sp³-hybridized carbons (Fsp3) is 0.343. The first-order valence-corrected chi connectivity index (χ1v) is 15.4. The maximum atomic E-state index is 13.8. The van der Waals surface area contributed by atoms with Gasteiger partial charge in [-0.3, -0.25) is 9.59 Å². The first-order valence-electron chi connectivity index (χ1n) is 15.4. The van der Waals surface area contributed by atoms with Crippen molar-refractivity contribution in [2.45, 2.75) is 78.4 Å². The Balaban J connectivity index is 1.27. The lowest BCUT2D eigenvalue weighted by molar-refractivity contribution is -0.172. The van der Waals surface area contributed by atoms with Crippen LogP contribution in [0, 0.1) is 13.8 Å². The van der Waals surface area contributed by atoms with Gasteiger partial charge in [0.05, 0.1) is 35.1 Å². The molecule has 1 aliphatic carbocycles. The third-order valence-electron chi connectivity index (χ3n) is 9.64. The van der Waals surface area contributed by atoms with Crippen molar-refractivity contribution in [3.63, 3.8) is 0 Å². The van der Waals surface area contributed by atoms with E-state index < -0.39 is 23.7 Å². The molecule has 2 aromatic heterocycles. The molecule has 0 fully saturated rings. The third kappa shape index (κ3) is 4.56. The Labute approximate surface area is 264 Å². The highest BCUT2D eigenvalue weighted by Gasteiger charge is 2.46. The number of nitrogens with zero attached hydrogens (tertiary/aromatic N) is 2. The Morgan fingerprint density at radius 3 is 2.61 bits per heavy atom. The van der Waals surface area contributed by atoms with E-state index in [1.165, 1.54) is 18.1 Å². The molecule has 3 N–H and O–H groups in total. The number of anilines is 1. The van der Waals surface area contributed by atoms with Crippen LogP contribution >= 0.6 is 0 Å². The second-order valence-electron chi connectivity index (χ2n) is 12.3. The van der Waals surface area contributed by atoms with Crippen LogP contribution in [0.4, 0.5) is 10.5 Å². The molecule has 0 spiro atoms. The van der Waals surface area contributed by atoms with E-state index in [9.17, 15) is 24.3 Å². The summed E-state index contributed by atoms with van der Waals surface area (Å²) < 4.78 is 12.5. The molecule has 2 aromatic carbocycles. The summed E-state index contributed by atoms with van der Waals surface area (Å²) in [5.74, 6) is -0.938. The lowest BCUT2D eigenvalue weighted by atomic mass is 9.81. The van der Waals surface area contributed by atoms with Gasteiger partial charge in [-0.25, -0.2) is 14.6 Å². The Bertz CT molecular complexity index is 2050. The summed E-state index contributed by atoms with van der Waals surface area (Å²) in [6.45, 7) is 7.32. The number of aryl methyl sites for hydroxylation is 2. The molecule has 2 aliphatic heterocycles. The molecular formula is C35H34N4O7. The minimum absolute atomic E-state index is 0.0468. The number of benzene rings is 2.